The second-order valence-electron chi connectivity index (χ2n) is 4.38. The third-order valence-corrected chi connectivity index (χ3v) is 4.01. The molecule has 84 valence electrons. The van der Waals surface area contributed by atoms with E-state index in [0.717, 1.165) is 31.8 Å². The van der Waals surface area contributed by atoms with Gasteiger partial charge in [0.15, 0.2) is 0 Å². The summed E-state index contributed by atoms with van der Waals surface area (Å²) in [5, 5.41) is 15.0. The number of rotatable bonds is 4. The zero-order chi connectivity index (χ0) is 10.5. The lowest BCUT2D eigenvalue weighted by Crippen LogP contribution is -2.27. The fourth-order valence-electron chi connectivity index (χ4n) is 2.16. The SMILES string of the molecule is OC1CCC(CNCc2cccs2)CC1. The summed E-state index contributed by atoms with van der Waals surface area (Å²) < 4.78 is 0. The normalized spacial score (nSPS) is 26.7. The standard InChI is InChI=1S/C12H19NOS/c14-11-5-3-10(4-6-11)8-13-9-12-2-1-7-15-12/h1-2,7,10-11,13-14H,3-6,8-9H2. The zero-order valence-electron chi connectivity index (χ0n) is 8.98. The van der Waals surface area contributed by atoms with Crippen LogP contribution in [-0.4, -0.2) is 17.8 Å². The average Bonchev–Trinajstić information content (AvgIpc) is 2.74. The predicted molar refractivity (Wildman–Crippen MR) is 64.0 cm³/mol. The molecular formula is C12H19NOS. The molecule has 15 heavy (non-hydrogen) atoms. The van der Waals surface area contributed by atoms with Crippen molar-refractivity contribution in [1.82, 2.24) is 5.32 Å². The lowest BCUT2D eigenvalue weighted by atomic mass is 9.87. The largest absolute Gasteiger partial charge is 0.393 e. The first-order valence-corrected chi connectivity index (χ1v) is 6.63. The predicted octanol–water partition coefficient (Wildman–Crippen LogP) is 2.39. The number of hydrogen-bond acceptors (Lipinski definition) is 3. The molecule has 2 nitrogen and oxygen atoms in total. The van der Waals surface area contributed by atoms with E-state index in [9.17, 15) is 5.11 Å². The van der Waals surface area contributed by atoms with Gasteiger partial charge in [-0.1, -0.05) is 6.07 Å². The molecular weight excluding hydrogens is 206 g/mol. The van der Waals surface area contributed by atoms with Gasteiger partial charge in [0.2, 0.25) is 0 Å². The second-order valence-corrected chi connectivity index (χ2v) is 5.42. The highest BCUT2D eigenvalue weighted by Gasteiger charge is 2.18. The molecule has 3 heteroatoms. The topological polar surface area (TPSA) is 32.3 Å². The van der Waals surface area contributed by atoms with Gasteiger partial charge in [-0.3, -0.25) is 0 Å². The van der Waals surface area contributed by atoms with E-state index in [1.165, 1.54) is 17.7 Å². The van der Waals surface area contributed by atoms with Gasteiger partial charge in [0, 0.05) is 11.4 Å². The van der Waals surface area contributed by atoms with E-state index in [1.54, 1.807) is 0 Å². The van der Waals surface area contributed by atoms with Crippen molar-refractivity contribution in [3.63, 3.8) is 0 Å². The highest BCUT2D eigenvalue weighted by atomic mass is 32.1. The van der Waals surface area contributed by atoms with Crippen LogP contribution in [0.25, 0.3) is 0 Å². The van der Waals surface area contributed by atoms with Gasteiger partial charge in [-0.15, -0.1) is 11.3 Å². The van der Waals surface area contributed by atoms with Gasteiger partial charge in [-0.2, -0.15) is 0 Å². The maximum atomic E-state index is 9.38. The molecule has 1 fully saturated rings. The highest BCUT2D eigenvalue weighted by molar-refractivity contribution is 7.09. The summed E-state index contributed by atoms with van der Waals surface area (Å²) in [5.74, 6) is 0.772. The van der Waals surface area contributed by atoms with Crippen molar-refractivity contribution in [1.29, 1.82) is 0 Å². The third kappa shape index (κ3) is 3.59. The molecule has 0 atom stereocenters. The minimum absolute atomic E-state index is 0.0291. The van der Waals surface area contributed by atoms with Crippen LogP contribution in [0, 0.1) is 5.92 Å². The maximum Gasteiger partial charge on any atom is 0.0540 e. The van der Waals surface area contributed by atoms with Gasteiger partial charge in [-0.25, -0.2) is 0 Å². The van der Waals surface area contributed by atoms with E-state index >= 15 is 0 Å². The monoisotopic (exact) mass is 225 g/mol. The summed E-state index contributed by atoms with van der Waals surface area (Å²) in [6.07, 6.45) is 4.31. The number of nitrogens with one attached hydrogen (secondary N) is 1. The number of aliphatic hydroxyl groups excluding tert-OH is 1. The van der Waals surface area contributed by atoms with Crippen molar-refractivity contribution < 1.29 is 5.11 Å². The Morgan fingerprint density at radius 3 is 2.80 bits per heavy atom. The van der Waals surface area contributed by atoms with Crippen molar-refractivity contribution in [2.45, 2.75) is 38.3 Å². The van der Waals surface area contributed by atoms with Gasteiger partial charge in [-0.05, 0) is 49.6 Å². The van der Waals surface area contributed by atoms with Gasteiger partial charge in [0.05, 0.1) is 6.10 Å². The van der Waals surface area contributed by atoms with Crippen LogP contribution in [0.5, 0.6) is 0 Å². The molecule has 1 aliphatic rings. The molecule has 0 aliphatic heterocycles. The quantitative estimate of drug-likeness (QED) is 0.824. The Kier molecular flexibility index (Phi) is 4.18. The Morgan fingerprint density at radius 2 is 2.13 bits per heavy atom. The number of thiophene rings is 1. The van der Waals surface area contributed by atoms with Crippen LogP contribution in [0.2, 0.25) is 0 Å². The minimum Gasteiger partial charge on any atom is -0.393 e. The molecule has 2 N–H and O–H groups in total. The Balaban J connectivity index is 1.62. The van der Waals surface area contributed by atoms with Crippen molar-refractivity contribution in [2.75, 3.05) is 6.54 Å². The van der Waals surface area contributed by atoms with Crippen molar-refractivity contribution in [2.24, 2.45) is 5.92 Å². The van der Waals surface area contributed by atoms with E-state index in [1.807, 2.05) is 11.3 Å². The molecule has 1 saturated carbocycles. The van der Waals surface area contributed by atoms with Crippen LogP contribution in [0.15, 0.2) is 17.5 Å². The van der Waals surface area contributed by atoms with Crippen LogP contribution in [-0.2, 0) is 6.54 Å². The first-order chi connectivity index (χ1) is 7.34. The molecule has 0 bridgehead atoms. The van der Waals surface area contributed by atoms with Gasteiger partial charge in [0.1, 0.15) is 0 Å². The Bertz CT molecular complexity index is 265. The van der Waals surface area contributed by atoms with E-state index in [-0.39, 0.29) is 6.10 Å². The van der Waals surface area contributed by atoms with Crippen molar-refractivity contribution in [3.05, 3.63) is 22.4 Å². The van der Waals surface area contributed by atoms with E-state index in [0.29, 0.717) is 0 Å². The summed E-state index contributed by atoms with van der Waals surface area (Å²) in [7, 11) is 0. The Labute approximate surface area is 95.3 Å². The fourth-order valence-corrected chi connectivity index (χ4v) is 2.84. The molecule has 0 radical (unpaired) electrons. The molecule has 2 rings (SSSR count). The molecule has 1 aromatic heterocycles. The first kappa shape index (κ1) is 11.1. The zero-order valence-corrected chi connectivity index (χ0v) is 9.80. The molecule has 0 unspecified atom stereocenters. The smallest absolute Gasteiger partial charge is 0.0540 e. The van der Waals surface area contributed by atoms with Crippen LogP contribution in [0.4, 0.5) is 0 Å². The van der Waals surface area contributed by atoms with Crippen LogP contribution in [0.1, 0.15) is 30.6 Å². The molecule has 0 aromatic carbocycles. The summed E-state index contributed by atoms with van der Waals surface area (Å²) in [6, 6.07) is 4.26. The molecule has 1 aromatic rings. The van der Waals surface area contributed by atoms with Crippen molar-refractivity contribution in [3.8, 4) is 0 Å². The molecule has 1 heterocycles. The van der Waals surface area contributed by atoms with E-state index in [2.05, 4.69) is 22.8 Å². The number of aliphatic hydroxyl groups is 1. The maximum absolute atomic E-state index is 9.38. The van der Waals surface area contributed by atoms with Gasteiger partial charge in [0.25, 0.3) is 0 Å². The van der Waals surface area contributed by atoms with Gasteiger partial charge >= 0.3 is 0 Å². The van der Waals surface area contributed by atoms with Gasteiger partial charge < -0.3 is 10.4 Å². The minimum atomic E-state index is -0.0291. The molecule has 0 saturated heterocycles. The fraction of sp³-hybridized carbons (Fsp3) is 0.667. The third-order valence-electron chi connectivity index (χ3n) is 3.13. The lowest BCUT2D eigenvalue weighted by Gasteiger charge is -2.25. The van der Waals surface area contributed by atoms with Crippen LogP contribution < -0.4 is 5.32 Å². The van der Waals surface area contributed by atoms with E-state index in [4.69, 9.17) is 0 Å². The Hall–Kier alpha value is -0.380. The highest BCUT2D eigenvalue weighted by Crippen LogP contribution is 2.23. The van der Waals surface area contributed by atoms with Crippen molar-refractivity contribution >= 4 is 11.3 Å². The summed E-state index contributed by atoms with van der Waals surface area (Å²) in [5.41, 5.74) is 0. The number of hydrogen-bond donors (Lipinski definition) is 2. The molecule has 0 spiro atoms. The van der Waals surface area contributed by atoms with Crippen LogP contribution >= 0.6 is 11.3 Å². The molecule has 0 amide bonds. The summed E-state index contributed by atoms with van der Waals surface area (Å²) >= 11 is 1.81. The second kappa shape index (κ2) is 5.64. The summed E-state index contributed by atoms with van der Waals surface area (Å²) in [4.78, 5) is 1.41. The average molecular weight is 225 g/mol. The van der Waals surface area contributed by atoms with E-state index < -0.39 is 0 Å². The first-order valence-electron chi connectivity index (χ1n) is 5.76. The molecule has 1 aliphatic carbocycles. The lowest BCUT2D eigenvalue weighted by molar-refractivity contribution is 0.108. The summed E-state index contributed by atoms with van der Waals surface area (Å²) in [6.45, 7) is 2.10. The van der Waals surface area contributed by atoms with Crippen LogP contribution in [0.3, 0.4) is 0 Å². The Morgan fingerprint density at radius 1 is 1.33 bits per heavy atom.